The Morgan fingerprint density at radius 3 is 3.00 bits per heavy atom. The zero-order valence-corrected chi connectivity index (χ0v) is 16.5. The minimum absolute atomic E-state index is 0.0842. The van der Waals surface area contributed by atoms with E-state index in [4.69, 9.17) is 9.84 Å². The van der Waals surface area contributed by atoms with Crippen molar-refractivity contribution in [3.8, 4) is 5.88 Å². The standard InChI is InChI=1S/C21H25N5O3/c1-14-8-16(10-24-21(14)29-13-15-2-3-15)11-26-12-17-18(25-26)4-5-22-19(17)9-20(28)23-6-7-27/h4-5,8,10,12,15,27H,2-3,6-7,9,11,13H2,1H3,(H,23,28). The van der Waals surface area contributed by atoms with Crippen LogP contribution in [0, 0.1) is 12.8 Å². The number of aliphatic hydroxyl groups is 1. The van der Waals surface area contributed by atoms with Gasteiger partial charge in [0.15, 0.2) is 0 Å². The lowest BCUT2D eigenvalue weighted by Gasteiger charge is -2.09. The highest BCUT2D eigenvalue weighted by molar-refractivity contribution is 5.86. The van der Waals surface area contributed by atoms with Gasteiger partial charge in [-0.1, -0.05) is 0 Å². The van der Waals surface area contributed by atoms with E-state index in [1.807, 2.05) is 30.1 Å². The molecule has 1 fully saturated rings. The number of nitrogens with zero attached hydrogens (tertiary/aromatic N) is 4. The number of ether oxygens (including phenoxy) is 1. The average molecular weight is 395 g/mol. The number of hydrogen-bond acceptors (Lipinski definition) is 6. The molecule has 8 heteroatoms. The summed E-state index contributed by atoms with van der Waals surface area (Å²) in [5.74, 6) is 1.22. The molecule has 3 aromatic rings. The number of aromatic nitrogens is 4. The van der Waals surface area contributed by atoms with E-state index >= 15 is 0 Å². The van der Waals surface area contributed by atoms with Crippen LogP contribution in [0.3, 0.4) is 0 Å². The second-order valence-electron chi connectivity index (χ2n) is 7.49. The fourth-order valence-electron chi connectivity index (χ4n) is 3.21. The molecule has 4 rings (SSSR count). The molecule has 0 spiro atoms. The minimum Gasteiger partial charge on any atom is -0.477 e. The highest BCUT2D eigenvalue weighted by Gasteiger charge is 2.22. The molecule has 8 nitrogen and oxygen atoms in total. The maximum absolute atomic E-state index is 12.0. The van der Waals surface area contributed by atoms with Crippen LogP contribution in [-0.4, -0.2) is 50.5 Å². The molecule has 152 valence electrons. The maximum Gasteiger partial charge on any atom is 0.226 e. The number of hydrogen-bond donors (Lipinski definition) is 2. The number of carbonyl (C=O) groups excluding carboxylic acids is 1. The van der Waals surface area contributed by atoms with E-state index in [9.17, 15) is 4.79 Å². The predicted octanol–water partition coefficient (Wildman–Crippen LogP) is 1.62. The van der Waals surface area contributed by atoms with Crippen LogP contribution in [-0.2, 0) is 17.8 Å². The zero-order valence-electron chi connectivity index (χ0n) is 16.5. The van der Waals surface area contributed by atoms with Crippen molar-refractivity contribution in [2.75, 3.05) is 19.8 Å². The smallest absolute Gasteiger partial charge is 0.226 e. The number of pyridine rings is 2. The van der Waals surface area contributed by atoms with Crippen molar-refractivity contribution in [3.05, 3.63) is 47.5 Å². The lowest BCUT2D eigenvalue weighted by atomic mass is 10.2. The Morgan fingerprint density at radius 1 is 1.38 bits per heavy atom. The summed E-state index contributed by atoms with van der Waals surface area (Å²) in [4.78, 5) is 20.8. The van der Waals surface area contributed by atoms with Gasteiger partial charge in [0.2, 0.25) is 11.8 Å². The topological polar surface area (TPSA) is 102 Å². The monoisotopic (exact) mass is 395 g/mol. The summed E-state index contributed by atoms with van der Waals surface area (Å²) in [5, 5.41) is 16.9. The van der Waals surface area contributed by atoms with Gasteiger partial charge in [-0.2, -0.15) is 5.10 Å². The largest absolute Gasteiger partial charge is 0.477 e. The SMILES string of the molecule is Cc1cc(Cn2cc3c(CC(=O)NCCO)nccc3n2)cnc1OCC1CC1. The molecule has 3 aromatic heterocycles. The Bertz CT molecular complexity index is 1010. The van der Waals surface area contributed by atoms with Crippen molar-refractivity contribution in [1.82, 2.24) is 25.1 Å². The number of carbonyl (C=O) groups is 1. The highest BCUT2D eigenvalue weighted by Crippen LogP contribution is 2.29. The molecule has 0 saturated heterocycles. The van der Waals surface area contributed by atoms with Crippen molar-refractivity contribution < 1.29 is 14.6 Å². The van der Waals surface area contributed by atoms with Gasteiger partial charge >= 0.3 is 0 Å². The third kappa shape index (κ3) is 4.89. The summed E-state index contributed by atoms with van der Waals surface area (Å²) in [7, 11) is 0. The van der Waals surface area contributed by atoms with Crippen molar-refractivity contribution in [1.29, 1.82) is 0 Å². The molecule has 2 N–H and O–H groups in total. The Hall–Kier alpha value is -3.00. The van der Waals surface area contributed by atoms with Crippen molar-refractivity contribution >= 4 is 16.8 Å². The van der Waals surface area contributed by atoms with Gasteiger partial charge in [-0.25, -0.2) is 4.98 Å². The Labute approximate surface area is 168 Å². The van der Waals surface area contributed by atoms with Gasteiger partial charge in [0, 0.05) is 36.1 Å². The van der Waals surface area contributed by atoms with E-state index in [-0.39, 0.29) is 25.5 Å². The van der Waals surface area contributed by atoms with Crippen LogP contribution in [0.15, 0.2) is 30.7 Å². The highest BCUT2D eigenvalue weighted by atomic mass is 16.5. The van der Waals surface area contributed by atoms with Gasteiger partial charge in [-0.15, -0.1) is 0 Å². The van der Waals surface area contributed by atoms with Crippen molar-refractivity contribution in [3.63, 3.8) is 0 Å². The number of nitrogens with one attached hydrogen (secondary N) is 1. The molecule has 0 atom stereocenters. The molecule has 0 bridgehead atoms. The molecule has 29 heavy (non-hydrogen) atoms. The van der Waals surface area contributed by atoms with Gasteiger partial charge < -0.3 is 15.2 Å². The molecule has 0 aromatic carbocycles. The number of aliphatic hydroxyl groups excluding tert-OH is 1. The minimum atomic E-state index is -0.173. The Kier molecular flexibility index (Phi) is 5.71. The quantitative estimate of drug-likeness (QED) is 0.571. The van der Waals surface area contributed by atoms with Crippen molar-refractivity contribution in [2.24, 2.45) is 5.92 Å². The lowest BCUT2D eigenvalue weighted by Crippen LogP contribution is -2.28. The van der Waals surface area contributed by atoms with Crippen LogP contribution in [0.2, 0.25) is 0 Å². The summed E-state index contributed by atoms with van der Waals surface area (Å²) in [6.45, 7) is 3.48. The van der Waals surface area contributed by atoms with E-state index in [1.165, 1.54) is 12.8 Å². The first-order chi connectivity index (χ1) is 14.1. The van der Waals surface area contributed by atoms with Crippen LogP contribution in [0.1, 0.15) is 29.7 Å². The fraction of sp³-hybridized carbons (Fsp3) is 0.429. The summed E-state index contributed by atoms with van der Waals surface area (Å²) in [6.07, 6.45) is 8.05. The molecule has 3 heterocycles. The maximum atomic E-state index is 12.0. The first kappa shape index (κ1) is 19.3. The van der Waals surface area contributed by atoms with E-state index in [1.54, 1.807) is 6.20 Å². The van der Waals surface area contributed by atoms with E-state index < -0.39 is 0 Å². The number of fused-ring (bicyclic) bond motifs is 1. The summed E-state index contributed by atoms with van der Waals surface area (Å²) in [5.41, 5.74) is 3.51. The summed E-state index contributed by atoms with van der Waals surface area (Å²) in [6, 6.07) is 3.91. The fourth-order valence-corrected chi connectivity index (χ4v) is 3.21. The van der Waals surface area contributed by atoms with E-state index in [0.29, 0.717) is 24.0 Å². The van der Waals surface area contributed by atoms with Gasteiger partial charge in [0.05, 0.1) is 37.4 Å². The van der Waals surface area contributed by atoms with Crippen LogP contribution in [0.4, 0.5) is 0 Å². The third-order valence-corrected chi connectivity index (χ3v) is 4.91. The summed E-state index contributed by atoms with van der Waals surface area (Å²) >= 11 is 0. The molecule has 0 radical (unpaired) electrons. The molecule has 1 amide bonds. The molecular weight excluding hydrogens is 370 g/mol. The predicted molar refractivity (Wildman–Crippen MR) is 108 cm³/mol. The second kappa shape index (κ2) is 8.57. The van der Waals surface area contributed by atoms with E-state index in [2.05, 4.69) is 26.4 Å². The normalized spacial score (nSPS) is 13.6. The number of amides is 1. The Morgan fingerprint density at radius 2 is 2.24 bits per heavy atom. The summed E-state index contributed by atoms with van der Waals surface area (Å²) < 4.78 is 7.64. The van der Waals surface area contributed by atoms with Gasteiger partial charge in [-0.05, 0) is 43.4 Å². The molecule has 0 unspecified atom stereocenters. The Balaban J connectivity index is 1.47. The van der Waals surface area contributed by atoms with Crippen LogP contribution in [0.25, 0.3) is 10.9 Å². The van der Waals surface area contributed by atoms with Gasteiger partial charge in [-0.3, -0.25) is 14.5 Å². The third-order valence-electron chi connectivity index (χ3n) is 4.91. The molecule has 1 aliphatic carbocycles. The van der Waals surface area contributed by atoms with Crippen LogP contribution in [0.5, 0.6) is 5.88 Å². The van der Waals surface area contributed by atoms with Gasteiger partial charge in [0.25, 0.3) is 0 Å². The molecule has 1 aliphatic rings. The van der Waals surface area contributed by atoms with E-state index in [0.717, 1.165) is 28.6 Å². The number of rotatable bonds is 9. The average Bonchev–Trinajstić information content (AvgIpc) is 3.44. The van der Waals surface area contributed by atoms with Crippen LogP contribution < -0.4 is 10.1 Å². The second-order valence-corrected chi connectivity index (χ2v) is 7.49. The van der Waals surface area contributed by atoms with Crippen molar-refractivity contribution in [2.45, 2.75) is 32.7 Å². The zero-order chi connectivity index (χ0) is 20.2. The van der Waals surface area contributed by atoms with Crippen LogP contribution >= 0.6 is 0 Å². The number of aryl methyl sites for hydroxylation is 1. The molecule has 1 saturated carbocycles. The first-order valence-electron chi connectivity index (χ1n) is 9.89. The lowest BCUT2D eigenvalue weighted by molar-refractivity contribution is -0.120. The first-order valence-corrected chi connectivity index (χ1v) is 9.89. The van der Waals surface area contributed by atoms with Gasteiger partial charge in [0.1, 0.15) is 0 Å². The molecule has 0 aliphatic heterocycles. The molecular formula is C21H25N5O3.